The standard InChI is InChI=1S/C15H19F2OP/c1-5-12-8-7-11(9-13(12)6-2)10-18-15(17,19)14(3,4)16/h5-9H,1-2,10,19H2,3-4H3. The van der Waals surface area contributed by atoms with Gasteiger partial charge in [0, 0.05) is 0 Å². The van der Waals surface area contributed by atoms with E-state index in [-0.39, 0.29) is 6.61 Å². The van der Waals surface area contributed by atoms with Gasteiger partial charge >= 0.3 is 0 Å². The molecule has 2 unspecified atom stereocenters. The lowest BCUT2D eigenvalue weighted by atomic mass is 10.0. The van der Waals surface area contributed by atoms with Crippen LogP contribution in [0.3, 0.4) is 0 Å². The highest BCUT2D eigenvalue weighted by molar-refractivity contribution is 7.18. The van der Waals surface area contributed by atoms with E-state index in [2.05, 4.69) is 13.2 Å². The lowest BCUT2D eigenvalue weighted by Crippen LogP contribution is -2.39. The van der Waals surface area contributed by atoms with Crippen LogP contribution < -0.4 is 0 Å². The molecular weight excluding hydrogens is 265 g/mol. The summed E-state index contributed by atoms with van der Waals surface area (Å²) in [6.07, 6.45) is 3.39. The molecule has 0 aliphatic carbocycles. The summed E-state index contributed by atoms with van der Waals surface area (Å²) in [7, 11) is 1.78. The topological polar surface area (TPSA) is 9.23 Å². The molecule has 0 spiro atoms. The zero-order valence-corrected chi connectivity index (χ0v) is 12.4. The van der Waals surface area contributed by atoms with Crippen LogP contribution in [0.2, 0.25) is 0 Å². The molecular formula is C15H19F2OP. The summed E-state index contributed by atoms with van der Waals surface area (Å²) >= 11 is 0. The third-order valence-electron chi connectivity index (χ3n) is 2.85. The summed E-state index contributed by atoms with van der Waals surface area (Å²) in [5.74, 6) is 0. The van der Waals surface area contributed by atoms with Crippen LogP contribution in [0.5, 0.6) is 0 Å². The fourth-order valence-corrected chi connectivity index (χ4v) is 1.52. The van der Waals surface area contributed by atoms with Crippen LogP contribution in [0, 0.1) is 0 Å². The lowest BCUT2D eigenvalue weighted by molar-refractivity contribution is -0.159. The summed E-state index contributed by atoms with van der Waals surface area (Å²) in [5, 5.41) is 0. The Bertz CT molecular complexity index is 476. The molecule has 0 amide bonds. The van der Waals surface area contributed by atoms with Gasteiger partial charge in [0.05, 0.1) is 6.61 Å². The van der Waals surface area contributed by atoms with Crippen LogP contribution in [-0.2, 0) is 11.3 Å². The van der Waals surface area contributed by atoms with Crippen LogP contribution in [0.4, 0.5) is 8.78 Å². The maximum atomic E-state index is 13.9. The minimum atomic E-state index is -2.42. The second-order valence-corrected chi connectivity index (χ2v) is 5.52. The van der Waals surface area contributed by atoms with Gasteiger partial charge < -0.3 is 4.74 Å². The Hall–Kier alpha value is -1.05. The van der Waals surface area contributed by atoms with Crippen molar-refractivity contribution < 1.29 is 13.5 Å². The van der Waals surface area contributed by atoms with E-state index in [1.165, 1.54) is 0 Å². The van der Waals surface area contributed by atoms with E-state index < -0.39 is 11.3 Å². The Morgan fingerprint density at radius 2 is 1.79 bits per heavy atom. The molecule has 1 aromatic rings. The molecule has 0 heterocycles. The fraction of sp³-hybridized carbons (Fsp3) is 0.333. The average Bonchev–Trinajstić information content (AvgIpc) is 2.34. The second kappa shape index (κ2) is 5.94. The predicted octanol–water partition coefficient (Wildman–Crippen LogP) is 4.74. The van der Waals surface area contributed by atoms with Gasteiger partial charge in [0.1, 0.15) is 0 Å². The quantitative estimate of drug-likeness (QED) is 0.686. The van der Waals surface area contributed by atoms with Crippen molar-refractivity contribution in [2.24, 2.45) is 0 Å². The number of halogens is 2. The van der Waals surface area contributed by atoms with E-state index >= 15 is 0 Å². The normalized spacial score (nSPS) is 14.8. The highest BCUT2D eigenvalue weighted by Gasteiger charge is 2.43. The van der Waals surface area contributed by atoms with Gasteiger partial charge in [-0.2, -0.15) is 0 Å². The van der Waals surface area contributed by atoms with Crippen molar-refractivity contribution in [1.82, 2.24) is 0 Å². The first-order valence-electron chi connectivity index (χ1n) is 5.89. The van der Waals surface area contributed by atoms with E-state index in [0.29, 0.717) is 0 Å². The van der Waals surface area contributed by atoms with Crippen LogP contribution in [0.15, 0.2) is 31.4 Å². The molecule has 2 atom stereocenters. The molecule has 1 nitrogen and oxygen atoms in total. The number of hydrogen-bond donors (Lipinski definition) is 0. The fourth-order valence-electron chi connectivity index (χ4n) is 1.44. The summed E-state index contributed by atoms with van der Waals surface area (Å²) in [6.45, 7) is 9.64. The number of rotatable bonds is 6. The Balaban J connectivity index is 2.85. The largest absolute Gasteiger partial charge is 0.336 e. The van der Waals surface area contributed by atoms with Crippen LogP contribution in [0.25, 0.3) is 12.2 Å². The maximum absolute atomic E-state index is 13.9. The van der Waals surface area contributed by atoms with Crippen LogP contribution in [0.1, 0.15) is 30.5 Å². The molecule has 0 aromatic heterocycles. The molecule has 0 radical (unpaired) electrons. The van der Waals surface area contributed by atoms with E-state index in [9.17, 15) is 8.78 Å². The van der Waals surface area contributed by atoms with E-state index in [1.54, 1.807) is 27.5 Å². The van der Waals surface area contributed by atoms with Crippen molar-refractivity contribution in [3.8, 4) is 0 Å². The molecule has 4 heteroatoms. The van der Waals surface area contributed by atoms with Crippen molar-refractivity contribution in [2.45, 2.75) is 31.7 Å². The summed E-state index contributed by atoms with van der Waals surface area (Å²) < 4.78 is 32.5. The number of ether oxygens (including phenoxy) is 1. The molecule has 0 N–H and O–H groups in total. The van der Waals surface area contributed by atoms with Gasteiger partial charge in [0.25, 0.3) is 5.60 Å². The van der Waals surface area contributed by atoms with Gasteiger partial charge in [-0.25, -0.2) is 8.78 Å². The molecule has 0 bridgehead atoms. The van der Waals surface area contributed by atoms with Gasteiger partial charge in [-0.3, -0.25) is 0 Å². The highest BCUT2D eigenvalue weighted by Crippen LogP contribution is 2.38. The van der Waals surface area contributed by atoms with Gasteiger partial charge in [-0.1, -0.05) is 46.7 Å². The Morgan fingerprint density at radius 3 is 2.26 bits per heavy atom. The van der Waals surface area contributed by atoms with Gasteiger partial charge in [-0.15, -0.1) is 0 Å². The minimum absolute atomic E-state index is 0.0222. The predicted molar refractivity (Wildman–Crippen MR) is 80.1 cm³/mol. The third kappa shape index (κ3) is 3.95. The molecule has 0 aliphatic rings. The van der Waals surface area contributed by atoms with Gasteiger partial charge in [-0.05, 0) is 36.6 Å². The molecule has 0 saturated carbocycles. The number of benzene rings is 1. The van der Waals surface area contributed by atoms with Crippen LogP contribution in [-0.4, -0.2) is 11.3 Å². The Kier molecular flexibility index (Phi) is 5.00. The number of alkyl halides is 2. The maximum Gasteiger partial charge on any atom is 0.255 e. The molecule has 1 aromatic carbocycles. The first-order valence-corrected chi connectivity index (χ1v) is 6.47. The first-order chi connectivity index (χ1) is 8.71. The molecule has 19 heavy (non-hydrogen) atoms. The molecule has 0 aliphatic heterocycles. The Morgan fingerprint density at radius 1 is 1.21 bits per heavy atom. The van der Waals surface area contributed by atoms with Gasteiger partial charge in [0.2, 0.25) is 0 Å². The first kappa shape index (κ1) is 16.0. The van der Waals surface area contributed by atoms with E-state index in [1.807, 2.05) is 12.1 Å². The van der Waals surface area contributed by atoms with Crippen LogP contribution >= 0.6 is 9.24 Å². The van der Waals surface area contributed by atoms with Crippen molar-refractivity contribution >= 4 is 21.4 Å². The molecule has 0 saturated heterocycles. The molecule has 0 fully saturated rings. The van der Waals surface area contributed by atoms with Crippen molar-refractivity contribution in [2.75, 3.05) is 0 Å². The average molecular weight is 284 g/mol. The second-order valence-electron chi connectivity index (χ2n) is 4.78. The van der Waals surface area contributed by atoms with Crippen molar-refractivity contribution in [3.05, 3.63) is 48.0 Å². The third-order valence-corrected chi connectivity index (χ3v) is 3.70. The summed E-state index contributed by atoms with van der Waals surface area (Å²) in [6, 6.07) is 5.44. The zero-order chi connectivity index (χ0) is 14.7. The van der Waals surface area contributed by atoms with Crippen molar-refractivity contribution in [3.63, 3.8) is 0 Å². The van der Waals surface area contributed by atoms with Crippen molar-refractivity contribution in [1.29, 1.82) is 0 Å². The molecule has 1 rings (SSSR count). The van der Waals surface area contributed by atoms with E-state index in [4.69, 9.17) is 4.74 Å². The molecule has 104 valence electrons. The number of hydrogen-bond acceptors (Lipinski definition) is 1. The summed E-state index contributed by atoms with van der Waals surface area (Å²) in [4.78, 5) is 0. The van der Waals surface area contributed by atoms with Gasteiger partial charge in [0.15, 0.2) is 5.67 Å². The monoisotopic (exact) mass is 284 g/mol. The smallest absolute Gasteiger partial charge is 0.255 e. The lowest BCUT2D eigenvalue weighted by Gasteiger charge is -2.30. The minimum Gasteiger partial charge on any atom is -0.336 e. The Labute approximate surface area is 115 Å². The van der Waals surface area contributed by atoms with E-state index in [0.717, 1.165) is 30.5 Å². The highest BCUT2D eigenvalue weighted by atomic mass is 31.0. The summed E-state index contributed by atoms with van der Waals surface area (Å²) in [5.41, 5.74) is -1.96. The zero-order valence-electron chi connectivity index (χ0n) is 11.2. The SMILES string of the molecule is C=Cc1ccc(COC(F)(P)C(C)(C)F)cc1C=C.